The van der Waals surface area contributed by atoms with Gasteiger partial charge in [0.25, 0.3) is 0 Å². The van der Waals surface area contributed by atoms with Crippen molar-refractivity contribution in [2.45, 2.75) is 50.3 Å². The molecule has 0 fully saturated rings. The number of hydrogen-bond donors (Lipinski definition) is 1. The van der Waals surface area contributed by atoms with Crippen LogP contribution in [-0.2, 0) is 17.8 Å². The van der Waals surface area contributed by atoms with Gasteiger partial charge in [0.15, 0.2) is 0 Å². The van der Waals surface area contributed by atoms with E-state index < -0.39 is 11.4 Å². The van der Waals surface area contributed by atoms with Crippen LogP contribution < -0.4 is 4.72 Å². The van der Waals surface area contributed by atoms with Gasteiger partial charge in [-0.05, 0) is 56.2 Å². The molecule has 2 nitrogen and oxygen atoms in total. The molecule has 23 heavy (non-hydrogen) atoms. The molecule has 122 valence electrons. The summed E-state index contributed by atoms with van der Waals surface area (Å²) >= 11 is -1.06. The first-order chi connectivity index (χ1) is 10.9. The van der Waals surface area contributed by atoms with Crippen molar-refractivity contribution >= 4 is 11.4 Å². The fraction of sp³-hybridized carbons (Fsp3) is 0.400. The highest BCUT2D eigenvalue weighted by atomic mass is 32.2. The van der Waals surface area contributed by atoms with E-state index >= 15 is 0 Å². The largest absolute Gasteiger partial charge is 0.598 e. The molecular weight excluding hydrogens is 302 g/mol. The van der Waals surface area contributed by atoms with E-state index in [-0.39, 0.29) is 10.8 Å². The van der Waals surface area contributed by atoms with Gasteiger partial charge in [0.1, 0.15) is 4.75 Å². The van der Waals surface area contributed by atoms with E-state index in [1.807, 2.05) is 20.8 Å². The van der Waals surface area contributed by atoms with Gasteiger partial charge in [0.05, 0.1) is 6.04 Å². The zero-order valence-electron chi connectivity index (χ0n) is 14.1. The van der Waals surface area contributed by atoms with Gasteiger partial charge >= 0.3 is 0 Å². The van der Waals surface area contributed by atoms with Crippen LogP contribution in [0.3, 0.4) is 0 Å². The van der Waals surface area contributed by atoms with Gasteiger partial charge in [-0.3, -0.25) is 0 Å². The van der Waals surface area contributed by atoms with Crippen LogP contribution in [0.4, 0.5) is 0 Å². The quantitative estimate of drug-likeness (QED) is 0.842. The molecule has 0 spiro atoms. The standard InChI is InChI=1S/C20H25NOS/c1-20(2,3)23(22)21-19-14-17(15-9-5-4-6-10-15)13-16-11-7-8-12-18(16)19/h4-12,17,19,21H,13-14H2,1-3H3/t17-,19-,23+/m0/s1. The maximum atomic E-state index is 12.6. The minimum Gasteiger partial charge on any atom is -0.598 e. The molecule has 0 aliphatic heterocycles. The summed E-state index contributed by atoms with van der Waals surface area (Å²) in [6.45, 7) is 6.04. The molecule has 1 N–H and O–H groups in total. The molecular formula is C20H25NOS. The first kappa shape index (κ1) is 16.6. The van der Waals surface area contributed by atoms with Gasteiger partial charge in [-0.1, -0.05) is 54.6 Å². The second-order valence-corrected chi connectivity index (χ2v) is 9.30. The normalized spacial score (nSPS) is 22.4. The Labute approximate surface area is 142 Å². The minimum atomic E-state index is -1.06. The monoisotopic (exact) mass is 327 g/mol. The third-order valence-electron chi connectivity index (χ3n) is 4.49. The van der Waals surface area contributed by atoms with Gasteiger partial charge in [0.2, 0.25) is 0 Å². The van der Waals surface area contributed by atoms with Gasteiger partial charge in [0, 0.05) is 11.4 Å². The van der Waals surface area contributed by atoms with Crippen LogP contribution in [0.25, 0.3) is 0 Å². The first-order valence-corrected chi connectivity index (χ1v) is 9.41. The Morgan fingerprint density at radius 1 is 1.00 bits per heavy atom. The van der Waals surface area contributed by atoms with Gasteiger partial charge < -0.3 is 4.55 Å². The lowest BCUT2D eigenvalue weighted by molar-refractivity contribution is 0.456. The highest BCUT2D eigenvalue weighted by molar-refractivity contribution is 7.90. The number of fused-ring (bicyclic) bond motifs is 1. The Balaban J connectivity index is 1.88. The Morgan fingerprint density at radius 2 is 1.65 bits per heavy atom. The highest BCUT2D eigenvalue weighted by Crippen LogP contribution is 2.39. The average Bonchev–Trinajstić information content (AvgIpc) is 2.54. The van der Waals surface area contributed by atoms with Crippen LogP contribution in [-0.4, -0.2) is 9.30 Å². The highest BCUT2D eigenvalue weighted by Gasteiger charge is 2.34. The third-order valence-corrected chi connectivity index (χ3v) is 6.10. The van der Waals surface area contributed by atoms with E-state index in [0.29, 0.717) is 5.92 Å². The van der Waals surface area contributed by atoms with Crippen LogP contribution in [0.1, 0.15) is 55.8 Å². The summed E-state index contributed by atoms with van der Waals surface area (Å²) in [6, 6.07) is 19.4. The summed E-state index contributed by atoms with van der Waals surface area (Å²) in [7, 11) is 0. The molecule has 0 amide bonds. The van der Waals surface area contributed by atoms with E-state index in [4.69, 9.17) is 0 Å². The molecule has 0 aromatic heterocycles. The van der Waals surface area contributed by atoms with Crippen molar-refractivity contribution < 1.29 is 4.55 Å². The fourth-order valence-electron chi connectivity index (χ4n) is 3.22. The molecule has 1 aliphatic rings. The Kier molecular flexibility index (Phi) is 4.81. The molecule has 1 aliphatic carbocycles. The minimum absolute atomic E-state index is 0.144. The van der Waals surface area contributed by atoms with Crippen LogP contribution in [0, 0.1) is 0 Å². The lowest BCUT2D eigenvalue weighted by Gasteiger charge is -2.34. The topological polar surface area (TPSA) is 35.1 Å². The Hall–Kier alpha value is -1.29. The van der Waals surface area contributed by atoms with Crippen LogP contribution in [0.5, 0.6) is 0 Å². The van der Waals surface area contributed by atoms with Crippen molar-refractivity contribution in [2.24, 2.45) is 0 Å². The lowest BCUT2D eigenvalue weighted by Crippen LogP contribution is -2.42. The van der Waals surface area contributed by atoms with Crippen molar-refractivity contribution in [3.8, 4) is 0 Å². The molecule has 0 radical (unpaired) electrons. The van der Waals surface area contributed by atoms with Crippen molar-refractivity contribution in [1.29, 1.82) is 0 Å². The van der Waals surface area contributed by atoms with E-state index in [1.54, 1.807) is 0 Å². The molecule has 0 saturated heterocycles. The second kappa shape index (κ2) is 6.68. The molecule has 2 aromatic rings. The number of nitrogens with one attached hydrogen (secondary N) is 1. The average molecular weight is 327 g/mol. The van der Waals surface area contributed by atoms with E-state index in [0.717, 1.165) is 12.8 Å². The van der Waals surface area contributed by atoms with E-state index in [9.17, 15) is 4.55 Å². The number of hydrogen-bond acceptors (Lipinski definition) is 2. The summed E-state index contributed by atoms with van der Waals surface area (Å²) in [5, 5.41) is 0. The van der Waals surface area contributed by atoms with Crippen LogP contribution in [0.15, 0.2) is 54.6 Å². The van der Waals surface area contributed by atoms with Gasteiger partial charge in [-0.2, -0.15) is 0 Å². The predicted molar refractivity (Wildman–Crippen MR) is 97.7 cm³/mol. The molecule has 2 aromatic carbocycles. The maximum absolute atomic E-state index is 12.6. The Morgan fingerprint density at radius 3 is 2.35 bits per heavy atom. The smallest absolute Gasteiger partial charge is 0.136 e. The van der Waals surface area contributed by atoms with Crippen molar-refractivity contribution in [3.63, 3.8) is 0 Å². The second-order valence-electron chi connectivity index (χ2n) is 7.30. The van der Waals surface area contributed by atoms with Crippen LogP contribution in [0.2, 0.25) is 0 Å². The van der Waals surface area contributed by atoms with E-state index in [1.165, 1.54) is 16.7 Å². The summed E-state index contributed by atoms with van der Waals surface area (Å²) in [6.07, 6.45) is 2.05. The lowest BCUT2D eigenvalue weighted by atomic mass is 9.78. The summed E-state index contributed by atoms with van der Waals surface area (Å²) in [5.74, 6) is 0.473. The molecule has 0 bridgehead atoms. The van der Waals surface area contributed by atoms with Gasteiger partial charge in [-0.25, -0.2) is 0 Å². The predicted octanol–water partition coefficient (Wildman–Crippen LogP) is 4.51. The molecule has 0 saturated carbocycles. The SMILES string of the molecule is CC(C)(C)[S@@+]([O-])N[C@H]1C[C@@H](c2ccccc2)Cc2ccccc21. The molecule has 3 rings (SSSR count). The zero-order chi connectivity index (χ0) is 16.4. The molecule has 0 unspecified atom stereocenters. The third kappa shape index (κ3) is 3.79. The molecule has 3 heteroatoms. The summed E-state index contributed by atoms with van der Waals surface area (Å²) in [4.78, 5) is 0. The van der Waals surface area contributed by atoms with Crippen molar-refractivity contribution in [1.82, 2.24) is 4.72 Å². The Bertz CT molecular complexity index is 650. The summed E-state index contributed by atoms with van der Waals surface area (Å²) < 4.78 is 15.7. The first-order valence-electron chi connectivity index (χ1n) is 8.26. The van der Waals surface area contributed by atoms with Crippen LogP contribution >= 0.6 is 0 Å². The van der Waals surface area contributed by atoms with Crippen molar-refractivity contribution in [2.75, 3.05) is 0 Å². The number of benzene rings is 2. The maximum Gasteiger partial charge on any atom is 0.136 e. The number of rotatable bonds is 3. The van der Waals surface area contributed by atoms with E-state index in [2.05, 4.69) is 59.3 Å². The van der Waals surface area contributed by atoms with Gasteiger partial charge in [-0.15, -0.1) is 4.72 Å². The zero-order valence-corrected chi connectivity index (χ0v) is 14.9. The summed E-state index contributed by atoms with van der Waals surface area (Å²) in [5.41, 5.74) is 4.05. The van der Waals surface area contributed by atoms with Crippen molar-refractivity contribution in [3.05, 3.63) is 71.3 Å². The molecule has 0 heterocycles. The molecule has 3 atom stereocenters. The fourth-order valence-corrected chi connectivity index (χ4v) is 4.05.